The maximum absolute atomic E-state index is 15.0. The monoisotopic (exact) mass is 874 g/mol. The van der Waals surface area contributed by atoms with Gasteiger partial charge in [0.1, 0.15) is 24.4 Å². The molecule has 0 spiro atoms. The van der Waals surface area contributed by atoms with Crippen LogP contribution in [0.1, 0.15) is 169 Å². The van der Waals surface area contributed by atoms with Crippen molar-refractivity contribution in [1.29, 1.82) is 0 Å². The van der Waals surface area contributed by atoms with Crippen LogP contribution in [0.15, 0.2) is 0 Å². The molecule has 3 N–H and O–H groups in total. The summed E-state index contributed by atoms with van der Waals surface area (Å²) in [5.74, 6) is -4.41. The number of piperidine rings is 3. The van der Waals surface area contributed by atoms with Gasteiger partial charge in [-0.3, -0.25) is 19.2 Å². The van der Waals surface area contributed by atoms with Gasteiger partial charge in [-0.2, -0.15) is 0 Å². The lowest BCUT2D eigenvalue weighted by Gasteiger charge is -2.41. The molecule has 11 nitrogen and oxygen atoms in total. The Balaban J connectivity index is 1.78. The van der Waals surface area contributed by atoms with Gasteiger partial charge in [0.25, 0.3) is 0 Å². The summed E-state index contributed by atoms with van der Waals surface area (Å²) in [5.41, 5.74) is 0. The molecule has 0 radical (unpaired) electrons. The molecule has 0 aromatic carbocycles. The number of hydrogen-bond acceptors (Lipinski definition) is 11. The second-order valence-corrected chi connectivity index (χ2v) is 22.9. The standard InChI is InChI=1S/C51H91N3O8/c1-26(2)34-17-35(27(3)4)19-36(18-34)59-48(55)46(49(56)60-37-20-40(28(5)6)52-41(21-37)29(7)8)47(50(57)61-38-22-42(30(9)10)53-43(23-38)31(11)12)51(58)62-39-24-44(32(13)14)54-45(25-39)33(15)16/h26-47,52-54H,17-25H2,1-16H3. The van der Waals surface area contributed by atoms with E-state index in [1.54, 1.807) is 0 Å². The quantitative estimate of drug-likeness (QED) is 0.0733. The van der Waals surface area contributed by atoms with Crippen LogP contribution in [-0.2, 0) is 38.1 Å². The third-order valence-corrected chi connectivity index (χ3v) is 15.3. The number of carbonyl (C=O) groups is 4. The van der Waals surface area contributed by atoms with E-state index in [4.69, 9.17) is 18.9 Å². The van der Waals surface area contributed by atoms with Gasteiger partial charge in [0, 0.05) is 74.8 Å². The highest BCUT2D eigenvalue weighted by atomic mass is 16.6. The van der Waals surface area contributed by atoms with Crippen LogP contribution >= 0.6 is 0 Å². The number of nitrogens with one attached hydrogen (secondary N) is 3. The van der Waals surface area contributed by atoms with Crippen molar-refractivity contribution in [2.24, 2.45) is 71.0 Å². The molecule has 4 aliphatic rings. The van der Waals surface area contributed by atoms with Gasteiger partial charge in [0.15, 0.2) is 11.8 Å². The number of ether oxygens (including phenoxy) is 4. The van der Waals surface area contributed by atoms with Crippen molar-refractivity contribution in [2.45, 2.75) is 229 Å². The Morgan fingerprint density at radius 1 is 0.306 bits per heavy atom. The van der Waals surface area contributed by atoms with Gasteiger partial charge < -0.3 is 34.9 Å². The van der Waals surface area contributed by atoms with E-state index in [2.05, 4.69) is 127 Å². The lowest BCUT2D eigenvalue weighted by atomic mass is 9.71. The van der Waals surface area contributed by atoms with E-state index >= 15 is 19.2 Å². The highest BCUT2D eigenvalue weighted by molar-refractivity contribution is 6.07. The second kappa shape index (κ2) is 23.3. The third kappa shape index (κ3) is 14.4. The van der Waals surface area contributed by atoms with E-state index < -0.39 is 60.1 Å². The topological polar surface area (TPSA) is 141 Å². The van der Waals surface area contributed by atoms with E-state index in [9.17, 15) is 0 Å². The SMILES string of the molecule is CC(C)C1CC(OC(=O)C(C(=O)OC2CC(C(C)C)NC(C(C)C)C2)C(C(=O)OC2CC(C(C)C)NC(C(C)C)C2)C(=O)OC2CC(C(C)C)NC(C(C)C)C2)CC(C(C)C)C1. The molecular weight excluding hydrogens is 783 g/mol. The molecule has 9 atom stereocenters. The molecule has 4 rings (SSSR count). The summed E-state index contributed by atoms with van der Waals surface area (Å²) >= 11 is 0. The van der Waals surface area contributed by atoms with Crippen LogP contribution in [-0.4, -0.2) is 84.5 Å². The van der Waals surface area contributed by atoms with E-state index in [0.717, 1.165) is 6.42 Å². The summed E-state index contributed by atoms with van der Waals surface area (Å²) in [6.45, 7) is 34.5. The van der Waals surface area contributed by atoms with Crippen molar-refractivity contribution >= 4 is 23.9 Å². The molecule has 4 fully saturated rings. The lowest BCUT2D eigenvalue weighted by molar-refractivity contribution is -0.189. The zero-order valence-electron chi connectivity index (χ0n) is 41.8. The van der Waals surface area contributed by atoms with Crippen molar-refractivity contribution in [3.05, 3.63) is 0 Å². The van der Waals surface area contributed by atoms with Crippen molar-refractivity contribution in [1.82, 2.24) is 16.0 Å². The first-order valence-electron chi connectivity index (χ1n) is 25.0. The summed E-state index contributed by atoms with van der Waals surface area (Å²) in [6, 6.07) is 0.489. The molecule has 1 saturated carbocycles. The van der Waals surface area contributed by atoms with E-state index in [-0.39, 0.29) is 71.8 Å². The summed E-state index contributed by atoms with van der Waals surface area (Å²) in [4.78, 5) is 60.1. The molecule has 0 aromatic rings. The zero-order chi connectivity index (χ0) is 46.3. The van der Waals surface area contributed by atoms with Gasteiger partial charge in [-0.25, -0.2) is 0 Å². The molecule has 62 heavy (non-hydrogen) atoms. The molecule has 9 unspecified atom stereocenters. The van der Waals surface area contributed by atoms with Crippen LogP contribution in [0, 0.1) is 71.0 Å². The number of rotatable bonds is 17. The van der Waals surface area contributed by atoms with Gasteiger partial charge in [-0.05, 0) is 78.4 Å². The first kappa shape index (κ1) is 52.4. The van der Waals surface area contributed by atoms with Gasteiger partial charge in [0.2, 0.25) is 0 Å². The first-order valence-corrected chi connectivity index (χ1v) is 25.0. The molecule has 3 heterocycles. The maximum Gasteiger partial charge on any atom is 0.322 e. The fourth-order valence-electron chi connectivity index (χ4n) is 10.5. The molecule has 11 heteroatoms. The Morgan fingerprint density at radius 3 is 0.677 bits per heavy atom. The van der Waals surface area contributed by atoms with Crippen LogP contribution < -0.4 is 16.0 Å². The average Bonchev–Trinajstić information content (AvgIpc) is 3.18. The minimum absolute atomic E-state index is 0.0811. The largest absolute Gasteiger partial charge is 0.462 e. The maximum atomic E-state index is 15.0. The normalized spacial score (nSPS) is 33.4. The fourth-order valence-corrected chi connectivity index (χ4v) is 10.5. The number of hydrogen-bond donors (Lipinski definition) is 3. The van der Waals surface area contributed by atoms with Crippen molar-refractivity contribution in [3.63, 3.8) is 0 Å². The van der Waals surface area contributed by atoms with Crippen LogP contribution in [0.5, 0.6) is 0 Å². The lowest BCUT2D eigenvalue weighted by Crippen LogP contribution is -2.55. The third-order valence-electron chi connectivity index (χ3n) is 15.3. The Hall–Kier alpha value is -2.24. The van der Waals surface area contributed by atoms with Crippen molar-refractivity contribution in [3.8, 4) is 0 Å². The van der Waals surface area contributed by atoms with Crippen LogP contribution in [0.25, 0.3) is 0 Å². The molecule has 0 amide bonds. The predicted octanol–water partition coefficient (Wildman–Crippen LogP) is 8.89. The van der Waals surface area contributed by atoms with Crippen molar-refractivity contribution < 1.29 is 38.1 Å². The molecule has 0 bridgehead atoms. The minimum Gasteiger partial charge on any atom is -0.462 e. The molecule has 0 aromatic heterocycles. The highest BCUT2D eigenvalue weighted by Gasteiger charge is 2.52. The number of carbonyl (C=O) groups excluding carboxylic acids is 4. The van der Waals surface area contributed by atoms with Gasteiger partial charge in [-0.1, -0.05) is 111 Å². The Labute approximate surface area is 377 Å². The van der Waals surface area contributed by atoms with Crippen LogP contribution in [0.3, 0.4) is 0 Å². The molecular formula is C51H91N3O8. The summed E-state index contributed by atoms with van der Waals surface area (Å²) < 4.78 is 25.6. The first-order chi connectivity index (χ1) is 28.9. The van der Waals surface area contributed by atoms with Crippen molar-refractivity contribution in [2.75, 3.05) is 0 Å². The fraction of sp³-hybridized carbons (Fsp3) is 0.922. The highest BCUT2D eigenvalue weighted by Crippen LogP contribution is 2.40. The van der Waals surface area contributed by atoms with E-state index in [0.29, 0.717) is 75.0 Å². The van der Waals surface area contributed by atoms with Gasteiger partial charge >= 0.3 is 23.9 Å². The minimum atomic E-state index is -1.89. The van der Waals surface area contributed by atoms with E-state index in [1.165, 1.54) is 0 Å². The molecule has 3 aliphatic heterocycles. The van der Waals surface area contributed by atoms with Crippen LogP contribution in [0.4, 0.5) is 0 Å². The summed E-state index contributed by atoms with van der Waals surface area (Å²) in [7, 11) is 0. The predicted molar refractivity (Wildman–Crippen MR) is 246 cm³/mol. The van der Waals surface area contributed by atoms with E-state index in [1.807, 2.05) is 0 Å². The smallest absolute Gasteiger partial charge is 0.322 e. The summed E-state index contributed by atoms with van der Waals surface area (Å²) in [5, 5.41) is 11.2. The Morgan fingerprint density at radius 2 is 0.500 bits per heavy atom. The average molecular weight is 874 g/mol. The Kier molecular flexibility index (Phi) is 19.7. The number of esters is 4. The summed E-state index contributed by atoms with van der Waals surface area (Å²) in [6.07, 6.45) is 3.58. The molecule has 3 saturated heterocycles. The Bertz CT molecular complexity index is 1170. The second-order valence-electron chi connectivity index (χ2n) is 22.9. The molecule has 358 valence electrons. The van der Waals surface area contributed by atoms with Crippen LogP contribution in [0.2, 0.25) is 0 Å². The molecule has 1 aliphatic carbocycles. The zero-order valence-corrected chi connectivity index (χ0v) is 41.8. The van der Waals surface area contributed by atoms with Gasteiger partial charge in [0.05, 0.1) is 0 Å². The van der Waals surface area contributed by atoms with Gasteiger partial charge in [-0.15, -0.1) is 0 Å².